The number of primary amides is 1. The topological polar surface area (TPSA) is 125 Å². The van der Waals surface area contributed by atoms with Crippen LogP contribution in [0.15, 0.2) is 42.5 Å². The Morgan fingerprint density at radius 2 is 1.84 bits per heavy atom. The van der Waals surface area contributed by atoms with E-state index in [4.69, 9.17) is 10.5 Å². The van der Waals surface area contributed by atoms with E-state index in [1.165, 1.54) is 43.3 Å². The fourth-order valence-electron chi connectivity index (χ4n) is 2.08. The molecule has 2 amide bonds. The second kappa shape index (κ2) is 7.43. The second-order valence-electron chi connectivity index (χ2n) is 5.42. The minimum Gasteiger partial charge on any atom is -0.474 e. The minimum atomic E-state index is -0.961. The highest BCUT2D eigenvalue weighted by molar-refractivity contribution is 5.96. The number of nitro groups is 1. The van der Waals surface area contributed by atoms with Crippen molar-refractivity contribution in [2.75, 3.05) is 5.32 Å². The van der Waals surface area contributed by atoms with Crippen LogP contribution in [0.5, 0.6) is 5.75 Å². The number of amides is 2. The van der Waals surface area contributed by atoms with Crippen LogP contribution in [-0.4, -0.2) is 22.8 Å². The fourth-order valence-corrected chi connectivity index (χ4v) is 2.08. The molecule has 2 aromatic carbocycles. The maximum atomic E-state index is 12.2. The maximum Gasteiger partial charge on any atom is 0.311 e. The predicted octanol–water partition coefficient (Wildman–Crippen LogP) is 2.41. The van der Waals surface area contributed by atoms with E-state index >= 15 is 0 Å². The third kappa shape index (κ3) is 4.54. The molecule has 0 aliphatic heterocycles. The Labute approximate surface area is 143 Å². The molecule has 0 saturated heterocycles. The summed E-state index contributed by atoms with van der Waals surface area (Å²) >= 11 is 0. The average molecular weight is 343 g/mol. The molecule has 0 aromatic heterocycles. The normalized spacial score (nSPS) is 11.4. The summed E-state index contributed by atoms with van der Waals surface area (Å²) in [5, 5.41) is 13.7. The van der Waals surface area contributed by atoms with Crippen LogP contribution in [0.3, 0.4) is 0 Å². The van der Waals surface area contributed by atoms with E-state index in [0.717, 1.165) is 0 Å². The summed E-state index contributed by atoms with van der Waals surface area (Å²) < 4.78 is 5.43. The summed E-state index contributed by atoms with van der Waals surface area (Å²) in [6.07, 6.45) is -0.961. The van der Waals surface area contributed by atoms with Gasteiger partial charge < -0.3 is 15.8 Å². The van der Waals surface area contributed by atoms with Gasteiger partial charge in [-0.05, 0) is 49.7 Å². The van der Waals surface area contributed by atoms with Gasteiger partial charge in [0.15, 0.2) is 11.9 Å². The number of rotatable bonds is 6. The minimum absolute atomic E-state index is 0.0160. The maximum absolute atomic E-state index is 12.2. The monoisotopic (exact) mass is 343 g/mol. The molecule has 25 heavy (non-hydrogen) atoms. The largest absolute Gasteiger partial charge is 0.474 e. The number of benzene rings is 2. The highest BCUT2D eigenvalue weighted by Gasteiger charge is 2.21. The van der Waals surface area contributed by atoms with E-state index in [0.29, 0.717) is 16.8 Å². The summed E-state index contributed by atoms with van der Waals surface area (Å²) in [6, 6.07) is 10.5. The second-order valence-corrected chi connectivity index (χ2v) is 5.42. The molecule has 2 aromatic rings. The van der Waals surface area contributed by atoms with Crippen molar-refractivity contribution in [3.05, 3.63) is 63.7 Å². The third-order valence-corrected chi connectivity index (χ3v) is 3.42. The van der Waals surface area contributed by atoms with Crippen molar-refractivity contribution < 1.29 is 19.2 Å². The van der Waals surface area contributed by atoms with Gasteiger partial charge in [-0.3, -0.25) is 19.7 Å². The Balaban J connectivity index is 2.08. The van der Waals surface area contributed by atoms with Crippen molar-refractivity contribution >= 4 is 23.2 Å². The molecule has 0 aliphatic rings. The van der Waals surface area contributed by atoms with E-state index in [1.807, 2.05) is 0 Å². The number of hydrogen-bond acceptors (Lipinski definition) is 5. The lowest BCUT2D eigenvalue weighted by Gasteiger charge is -2.15. The molecule has 0 saturated carbocycles. The number of nitro benzene ring substituents is 1. The molecule has 0 radical (unpaired) electrons. The molecule has 8 heteroatoms. The first-order valence-electron chi connectivity index (χ1n) is 7.40. The Hall–Kier alpha value is -3.42. The number of carbonyl (C=O) groups excluding carboxylic acids is 2. The summed E-state index contributed by atoms with van der Waals surface area (Å²) in [6.45, 7) is 3.21. The molecular weight excluding hydrogens is 326 g/mol. The Bertz CT molecular complexity index is 818. The molecule has 0 heterocycles. The van der Waals surface area contributed by atoms with E-state index in [2.05, 4.69) is 5.32 Å². The summed E-state index contributed by atoms with van der Waals surface area (Å²) in [4.78, 5) is 33.7. The molecule has 3 N–H and O–H groups in total. The zero-order valence-electron chi connectivity index (χ0n) is 13.7. The molecule has 130 valence electrons. The van der Waals surface area contributed by atoms with Gasteiger partial charge in [0.1, 0.15) is 0 Å². The zero-order valence-corrected chi connectivity index (χ0v) is 13.7. The van der Waals surface area contributed by atoms with Crippen molar-refractivity contribution in [3.63, 3.8) is 0 Å². The standard InChI is InChI=1S/C17H17N3O5/c1-10-3-8-15(14(9-10)20(23)24)25-11(2)17(22)19-13-6-4-12(5-7-13)16(18)21/h3-9,11H,1-2H3,(H2,18,21)(H,19,22)/t11-/m0/s1. The SMILES string of the molecule is Cc1ccc(O[C@@H](C)C(=O)Nc2ccc(C(N)=O)cc2)c([N+](=O)[O-])c1. The van der Waals surface area contributed by atoms with Gasteiger partial charge in [0.2, 0.25) is 5.91 Å². The van der Waals surface area contributed by atoms with Gasteiger partial charge in [-0.1, -0.05) is 6.07 Å². The molecule has 0 bridgehead atoms. The van der Waals surface area contributed by atoms with Crippen molar-refractivity contribution in [2.24, 2.45) is 5.73 Å². The number of aryl methyl sites for hydroxylation is 1. The lowest BCUT2D eigenvalue weighted by Crippen LogP contribution is -2.30. The quantitative estimate of drug-likeness (QED) is 0.615. The molecular formula is C17H17N3O5. The molecule has 0 aliphatic carbocycles. The first-order valence-corrected chi connectivity index (χ1v) is 7.40. The van der Waals surface area contributed by atoms with E-state index < -0.39 is 22.8 Å². The van der Waals surface area contributed by atoms with Crippen molar-refractivity contribution in [1.82, 2.24) is 0 Å². The summed E-state index contributed by atoms with van der Waals surface area (Å²) in [5.41, 5.74) is 6.42. The van der Waals surface area contributed by atoms with Gasteiger partial charge in [-0.15, -0.1) is 0 Å². The van der Waals surface area contributed by atoms with Crippen LogP contribution in [0.1, 0.15) is 22.8 Å². The highest BCUT2D eigenvalue weighted by atomic mass is 16.6. The van der Waals surface area contributed by atoms with Gasteiger partial charge in [0.05, 0.1) is 4.92 Å². The van der Waals surface area contributed by atoms with Gasteiger partial charge in [-0.2, -0.15) is 0 Å². The lowest BCUT2D eigenvalue weighted by molar-refractivity contribution is -0.386. The van der Waals surface area contributed by atoms with Crippen LogP contribution in [-0.2, 0) is 4.79 Å². The zero-order chi connectivity index (χ0) is 18.6. The van der Waals surface area contributed by atoms with Gasteiger partial charge in [-0.25, -0.2) is 0 Å². The number of nitrogens with two attached hydrogens (primary N) is 1. The van der Waals surface area contributed by atoms with Crippen LogP contribution in [0.25, 0.3) is 0 Å². The predicted molar refractivity (Wildman–Crippen MR) is 91.5 cm³/mol. The lowest BCUT2D eigenvalue weighted by atomic mass is 10.2. The smallest absolute Gasteiger partial charge is 0.311 e. The Kier molecular flexibility index (Phi) is 5.33. The number of anilines is 1. The molecule has 0 fully saturated rings. The Morgan fingerprint density at radius 3 is 2.40 bits per heavy atom. The average Bonchev–Trinajstić information content (AvgIpc) is 2.56. The highest BCUT2D eigenvalue weighted by Crippen LogP contribution is 2.28. The Morgan fingerprint density at radius 1 is 1.20 bits per heavy atom. The first-order chi connectivity index (χ1) is 11.8. The van der Waals surface area contributed by atoms with Gasteiger partial charge in [0.25, 0.3) is 5.91 Å². The first kappa shape index (κ1) is 17.9. The van der Waals surface area contributed by atoms with E-state index in [9.17, 15) is 19.7 Å². The summed E-state index contributed by atoms with van der Waals surface area (Å²) in [5.74, 6) is -1.04. The van der Waals surface area contributed by atoms with Crippen LogP contribution in [0.2, 0.25) is 0 Å². The van der Waals surface area contributed by atoms with E-state index in [1.54, 1.807) is 13.0 Å². The van der Waals surface area contributed by atoms with E-state index in [-0.39, 0.29) is 11.4 Å². The number of hydrogen-bond donors (Lipinski definition) is 2. The van der Waals surface area contributed by atoms with Crippen molar-refractivity contribution in [3.8, 4) is 5.75 Å². The van der Waals surface area contributed by atoms with Crippen molar-refractivity contribution in [2.45, 2.75) is 20.0 Å². The third-order valence-electron chi connectivity index (χ3n) is 3.42. The molecule has 1 atom stereocenters. The fraction of sp³-hybridized carbons (Fsp3) is 0.176. The van der Waals surface area contributed by atoms with Crippen molar-refractivity contribution in [1.29, 1.82) is 0 Å². The van der Waals surface area contributed by atoms with Crippen LogP contribution in [0.4, 0.5) is 11.4 Å². The van der Waals surface area contributed by atoms with Crippen LogP contribution in [0, 0.1) is 17.0 Å². The van der Waals surface area contributed by atoms with Crippen LogP contribution < -0.4 is 15.8 Å². The molecule has 2 rings (SSSR count). The molecule has 8 nitrogen and oxygen atoms in total. The van der Waals surface area contributed by atoms with Gasteiger partial charge >= 0.3 is 5.69 Å². The van der Waals surface area contributed by atoms with Gasteiger partial charge in [0, 0.05) is 17.3 Å². The number of nitrogens with one attached hydrogen (secondary N) is 1. The molecule has 0 unspecified atom stereocenters. The summed E-state index contributed by atoms with van der Waals surface area (Å²) in [7, 11) is 0. The van der Waals surface area contributed by atoms with Crippen LogP contribution >= 0.6 is 0 Å². The number of ether oxygens (including phenoxy) is 1. The molecule has 0 spiro atoms. The number of carbonyl (C=O) groups is 2. The number of nitrogens with zero attached hydrogens (tertiary/aromatic N) is 1.